The third-order valence-electron chi connectivity index (χ3n) is 6.45. The van der Waals surface area contributed by atoms with Crippen LogP contribution in [-0.4, -0.2) is 47.3 Å². The molecule has 0 radical (unpaired) electrons. The number of fused-ring (bicyclic) bond motifs is 1. The van der Waals surface area contributed by atoms with Crippen LogP contribution in [0.3, 0.4) is 0 Å². The lowest BCUT2D eigenvalue weighted by molar-refractivity contribution is -0.166. The minimum Gasteiger partial charge on any atom is -0.493 e. The molecule has 0 fully saturated rings. The van der Waals surface area contributed by atoms with E-state index in [1.807, 2.05) is 52.0 Å². The summed E-state index contributed by atoms with van der Waals surface area (Å²) in [6, 6.07) is 7.80. The molecule has 8 nitrogen and oxygen atoms in total. The fourth-order valence-corrected chi connectivity index (χ4v) is 6.01. The topological polar surface area (TPSA) is 96.8 Å². The molecular weight excluding hydrogens is 516 g/mol. The molecule has 204 valence electrons. The van der Waals surface area contributed by atoms with Crippen LogP contribution in [0.2, 0.25) is 0 Å². The van der Waals surface area contributed by atoms with Crippen LogP contribution in [0.1, 0.15) is 67.2 Å². The Hall–Kier alpha value is -3.56. The Morgan fingerprint density at radius 2 is 1.90 bits per heavy atom. The van der Waals surface area contributed by atoms with Crippen LogP contribution >= 0.6 is 11.3 Å². The second kappa shape index (κ2) is 10.5. The van der Waals surface area contributed by atoms with Gasteiger partial charge >= 0.3 is 11.9 Å². The number of carbonyl (C=O) groups excluding carboxylic acids is 2. The van der Waals surface area contributed by atoms with Crippen molar-refractivity contribution in [1.82, 2.24) is 9.97 Å². The van der Waals surface area contributed by atoms with Crippen LogP contribution in [0, 0.1) is 6.92 Å². The Morgan fingerprint density at radius 1 is 1.13 bits per heavy atom. The molecule has 0 aliphatic carbocycles. The molecule has 0 saturated heterocycles. The zero-order valence-corrected chi connectivity index (χ0v) is 23.9. The van der Waals surface area contributed by atoms with Crippen molar-refractivity contribution in [3.63, 3.8) is 0 Å². The number of carbonyl (C=O) groups is 2. The van der Waals surface area contributed by atoms with Crippen LogP contribution in [-0.2, 0) is 25.4 Å². The average Bonchev–Trinajstić information content (AvgIpc) is 3.31. The number of hydrogen-bond acceptors (Lipinski definition) is 9. The highest BCUT2D eigenvalue weighted by Crippen LogP contribution is 2.46. The largest absolute Gasteiger partial charge is 0.493 e. The molecular formula is C30H32N2O6S. The first-order chi connectivity index (χ1) is 18.6. The smallest absolute Gasteiger partial charge is 0.367 e. The van der Waals surface area contributed by atoms with Gasteiger partial charge in [-0.05, 0) is 76.9 Å². The predicted molar refractivity (Wildman–Crippen MR) is 150 cm³/mol. The van der Waals surface area contributed by atoms with E-state index in [0.29, 0.717) is 17.7 Å². The maximum absolute atomic E-state index is 13.4. The molecule has 0 unspecified atom stereocenters. The monoisotopic (exact) mass is 548 g/mol. The van der Waals surface area contributed by atoms with Crippen LogP contribution in [0.4, 0.5) is 0 Å². The molecule has 5 rings (SSSR count). The second-order valence-corrected chi connectivity index (χ2v) is 11.3. The van der Waals surface area contributed by atoms with Gasteiger partial charge in [0, 0.05) is 34.7 Å². The first-order valence-electron chi connectivity index (χ1n) is 13.1. The zero-order chi connectivity index (χ0) is 27.9. The van der Waals surface area contributed by atoms with E-state index in [0.717, 1.165) is 50.0 Å². The molecule has 0 N–H and O–H groups in total. The van der Waals surface area contributed by atoms with E-state index in [9.17, 15) is 9.59 Å². The highest BCUT2D eigenvalue weighted by atomic mass is 32.1. The van der Waals surface area contributed by atoms with E-state index in [1.54, 1.807) is 20.0 Å². The number of nitrogens with zero attached hydrogens (tertiary/aromatic N) is 2. The Morgan fingerprint density at radius 3 is 2.62 bits per heavy atom. The van der Waals surface area contributed by atoms with E-state index in [-0.39, 0.29) is 18.2 Å². The number of thiazole rings is 1. The van der Waals surface area contributed by atoms with Gasteiger partial charge in [-0.15, -0.1) is 11.3 Å². The molecule has 1 aliphatic rings. The van der Waals surface area contributed by atoms with Crippen molar-refractivity contribution in [3.8, 4) is 16.9 Å². The summed E-state index contributed by atoms with van der Waals surface area (Å²) in [7, 11) is 0. The van der Waals surface area contributed by atoms with Crippen molar-refractivity contribution in [3.05, 3.63) is 52.2 Å². The molecule has 0 saturated carbocycles. The summed E-state index contributed by atoms with van der Waals surface area (Å²) in [5.41, 5.74) is 4.88. The van der Waals surface area contributed by atoms with Gasteiger partial charge < -0.3 is 18.9 Å². The second-order valence-electron chi connectivity index (χ2n) is 10.3. The number of aryl methyl sites for hydroxylation is 1. The molecule has 9 heteroatoms. The molecule has 39 heavy (non-hydrogen) atoms. The van der Waals surface area contributed by atoms with Gasteiger partial charge in [0.1, 0.15) is 5.75 Å². The Kier molecular flexibility index (Phi) is 7.31. The minimum absolute atomic E-state index is 0.215. The lowest BCUT2D eigenvalue weighted by atomic mass is 9.89. The molecule has 4 aromatic rings. The number of ether oxygens (including phenoxy) is 4. The lowest BCUT2D eigenvalue weighted by Crippen LogP contribution is -2.29. The van der Waals surface area contributed by atoms with Gasteiger partial charge in [-0.2, -0.15) is 0 Å². The predicted octanol–water partition coefficient (Wildman–Crippen LogP) is 6.35. The number of pyridine rings is 1. The van der Waals surface area contributed by atoms with Gasteiger partial charge in [0.2, 0.25) is 5.01 Å². The number of benzene rings is 2. The molecule has 2 aromatic heterocycles. The van der Waals surface area contributed by atoms with Gasteiger partial charge in [0.25, 0.3) is 0 Å². The SMILES string of the molecule is CCOC(=O)c1nc2cc(C)c([C@H](OC(C)(C)C)C(=O)OCC)c(-c3ccc4c5c(ccnc35)CCO4)c2s1. The summed E-state index contributed by atoms with van der Waals surface area (Å²) in [5.74, 6) is -0.191. The first-order valence-corrected chi connectivity index (χ1v) is 13.9. The van der Waals surface area contributed by atoms with Crippen molar-refractivity contribution in [2.24, 2.45) is 0 Å². The molecule has 2 aromatic carbocycles. The van der Waals surface area contributed by atoms with Crippen LogP contribution in [0.5, 0.6) is 5.75 Å². The normalized spacial score (nSPS) is 13.8. The minimum atomic E-state index is -1.01. The van der Waals surface area contributed by atoms with E-state index < -0.39 is 23.6 Å². The third-order valence-corrected chi connectivity index (χ3v) is 7.52. The maximum Gasteiger partial charge on any atom is 0.367 e. The van der Waals surface area contributed by atoms with Crippen molar-refractivity contribution in [2.45, 2.75) is 59.7 Å². The maximum atomic E-state index is 13.4. The van der Waals surface area contributed by atoms with Crippen LogP contribution < -0.4 is 4.74 Å². The van der Waals surface area contributed by atoms with E-state index in [1.165, 1.54) is 11.3 Å². The van der Waals surface area contributed by atoms with Gasteiger partial charge in [0.05, 0.1) is 41.2 Å². The fraction of sp³-hybridized carbons (Fsp3) is 0.400. The summed E-state index contributed by atoms with van der Waals surface area (Å²) in [5, 5.41) is 1.19. The Labute approximate surface area is 231 Å². The Bertz CT molecular complexity index is 1580. The molecule has 1 aliphatic heterocycles. The standard InChI is InChI=1S/C30H32N2O6S/c1-7-35-28(33)25(38-30(4,5)6)21-16(3)15-19-26(39-27(32-19)29(34)36-8-2)23(21)18-9-10-20-22-17(12-14-37-20)11-13-31-24(18)22/h9-11,13,15,25H,7-8,12,14H2,1-6H3/t25-/m0/s1. The molecule has 3 heterocycles. The number of aromatic nitrogens is 2. The lowest BCUT2D eigenvalue weighted by Gasteiger charge is -2.29. The van der Waals surface area contributed by atoms with E-state index in [2.05, 4.69) is 4.98 Å². The summed E-state index contributed by atoms with van der Waals surface area (Å²) in [6.07, 6.45) is 1.56. The zero-order valence-electron chi connectivity index (χ0n) is 23.0. The summed E-state index contributed by atoms with van der Waals surface area (Å²) >= 11 is 1.23. The van der Waals surface area contributed by atoms with Crippen LogP contribution in [0.25, 0.3) is 32.2 Å². The number of esters is 2. The van der Waals surface area contributed by atoms with Crippen molar-refractivity contribution < 1.29 is 28.5 Å². The third kappa shape index (κ3) is 5.08. The first kappa shape index (κ1) is 27.0. The van der Waals surface area contributed by atoms with Gasteiger partial charge in [-0.1, -0.05) is 0 Å². The molecule has 0 amide bonds. The molecule has 1 atom stereocenters. The van der Waals surface area contributed by atoms with Gasteiger partial charge in [-0.3, -0.25) is 4.98 Å². The average molecular weight is 549 g/mol. The summed E-state index contributed by atoms with van der Waals surface area (Å²) in [4.78, 5) is 35.5. The van der Waals surface area contributed by atoms with E-state index >= 15 is 0 Å². The highest BCUT2D eigenvalue weighted by Gasteiger charge is 2.34. The van der Waals surface area contributed by atoms with E-state index in [4.69, 9.17) is 23.9 Å². The molecule has 0 bridgehead atoms. The van der Waals surface area contributed by atoms with Crippen LogP contribution in [0.15, 0.2) is 30.5 Å². The number of rotatable bonds is 7. The quantitative estimate of drug-likeness (QED) is 0.247. The van der Waals surface area contributed by atoms with Crippen molar-refractivity contribution in [1.29, 1.82) is 0 Å². The van der Waals surface area contributed by atoms with Gasteiger partial charge in [0.15, 0.2) is 6.10 Å². The summed E-state index contributed by atoms with van der Waals surface area (Å²) in [6.45, 7) is 12.2. The van der Waals surface area contributed by atoms with Crippen molar-refractivity contribution in [2.75, 3.05) is 19.8 Å². The Balaban J connectivity index is 1.88. The molecule has 0 spiro atoms. The highest BCUT2D eigenvalue weighted by molar-refractivity contribution is 7.20. The number of hydrogen-bond donors (Lipinski definition) is 0. The fourth-order valence-electron chi connectivity index (χ4n) is 5.00. The van der Waals surface area contributed by atoms with Crippen molar-refractivity contribution >= 4 is 44.4 Å². The van der Waals surface area contributed by atoms with Gasteiger partial charge in [-0.25, -0.2) is 14.6 Å². The summed E-state index contributed by atoms with van der Waals surface area (Å²) < 4.78 is 23.8.